The van der Waals surface area contributed by atoms with Crippen LogP contribution in [-0.4, -0.2) is 0 Å². The highest BCUT2D eigenvalue weighted by Crippen LogP contribution is 2.46. The Balaban J connectivity index is 1.59. The molecule has 0 bridgehead atoms. The molecule has 0 fully saturated rings. The average molecular weight is 326 g/mol. The molecule has 0 aromatic heterocycles. The summed E-state index contributed by atoms with van der Waals surface area (Å²) < 4.78 is 0. The summed E-state index contributed by atoms with van der Waals surface area (Å²) in [5.74, 6) is 0.652. The number of unbranched alkanes of at least 4 members (excludes halogenated alkanes) is 1. The number of hydrogen-bond donors (Lipinski definition) is 0. The molecule has 2 aromatic carbocycles. The number of benzene rings is 2. The van der Waals surface area contributed by atoms with Gasteiger partial charge in [-0.2, -0.15) is 0 Å². The molecule has 3 aliphatic rings. The third kappa shape index (κ3) is 2.27. The Morgan fingerprint density at radius 2 is 1.60 bits per heavy atom. The summed E-state index contributed by atoms with van der Waals surface area (Å²) in [6.07, 6.45) is 11.0. The van der Waals surface area contributed by atoms with Crippen molar-refractivity contribution in [1.82, 2.24) is 0 Å². The molecule has 0 heterocycles. The van der Waals surface area contributed by atoms with Crippen LogP contribution < -0.4 is 0 Å². The standard InChI is InChI=1S/C25H26/c1-4-5-6-22-16(3)9-19-13-25-21(14-23(19)22)11-20-10-17-7-15(2)8-18(17)12-24(20)25/h8-10,12-14,22H,4-7,11H2,1-3H3. The maximum Gasteiger partial charge on any atom is 0.00547 e. The molecule has 0 N–H and O–H groups in total. The van der Waals surface area contributed by atoms with E-state index in [1.807, 2.05) is 0 Å². The van der Waals surface area contributed by atoms with E-state index in [-0.39, 0.29) is 0 Å². The molecular formula is C25H26. The van der Waals surface area contributed by atoms with Crippen LogP contribution in [0.3, 0.4) is 0 Å². The van der Waals surface area contributed by atoms with Crippen LogP contribution in [0.2, 0.25) is 0 Å². The molecule has 0 saturated carbocycles. The SMILES string of the molecule is CCCCC1C(C)=Cc2cc3c(cc21)Cc1cc2c(cc1-3)C=C(C)C2. The predicted octanol–water partition coefficient (Wildman–Crippen LogP) is 6.91. The van der Waals surface area contributed by atoms with Crippen molar-refractivity contribution in [3.63, 3.8) is 0 Å². The number of allylic oxidation sites excluding steroid dienone is 2. The molecule has 5 rings (SSSR count). The molecule has 0 aliphatic heterocycles. The largest absolute Gasteiger partial charge is 0.0683 e. The van der Waals surface area contributed by atoms with Gasteiger partial charge >= 0.3 is 0 Å². The summed E-state index contributed by atoms with van der Waals surface area (Å²) >= 11 is 0. The molecule has 0 saturated heterocycles. The first kappa shape index (κ1) is 15.2. The quantitative estimate of drug-likeness (QED) is 0.490. The Morgan fingerprint density at radius 1 is 0.840 bits per heavy atom. The monoisotopic (exact) mass is 326 g/mol. The fraction of sp³-hybridized carbons (Fsp3) is 0.360. The maximum absolute atomic E-state index is 2.53. The minimum atomic E-state index is 0.652. The Kier molecular flexibility index (Phi) is 3.32. The summed E-state index contributed by atoms with van der Waals surface area (Å²) in [7, 11) is 0. The summed E-state index contributed by atoms with van der Waals surface area (Å²) in [5.41, 5.74) is 15.1. The van der Waals surface area contributed by atoms with Gasteiger partial charge in [-0.25, -0.2) is 0 Å². The Labute approximate surface area is 151 Å². The molecule has 0 amide bonds. The highest BCUT2D eigenvalue weighted by Gasteiger charge is 2.28. The zero-order valence-corrected chi connectivity index (χ0v) is 15.6. The van der Waals surface area contributed by atoms with Crippen molar-refractivity contribution < 1.29 is 0 Å². The lowest BCUT2D eigenvalue weighted by molar-refractivity contribution is 0.649. The first-order valence-electron chi connectivity index (χ1n) is 9.82. The van der Waals surface area contributed by atoms with Crippen molar-refractivity contribution in [2.75, 3.05) is 0 Å². The molecule has 0 radical (unpaired) electrons. The van der Waals surface area contributed by atoms with E-state index in [2.05, 4.69) is 57.2 Å². The molecule has 2 aromatic rings. The third-order valence-electron chi connectivity index (χ3n) is 6.37. The second-order valence-corrected chi connectivity index (χ2v) is 8.27. The topological polar surface area (TPSA) is 0 Å². The van der Waals surface area contributed by atoms with Gasteiger partial charge in [0.25, 0.3) is 0 Å². The Morgan fingerprint density at radius 3 is 2.40 bits per heavy atom. The van der Waals surface area contributed by atoms with E-state index in [0.29, 0.717) is 5.92 Å². The number of hydrogen-bond acceptors (Lipinski definition) is 0. The summed E-state index contributed by atoms with van der Waals surface area (Å²) in [5, 5.41) is 0. The van der Waals surface area contributed by atoms with E-state index >= 15 is 0 Å². The third-order valence-corrected chi connectivity index (χ3v) is 6.37. The zero-order valence-electron chi connectivity index (χ0n) is 15.6. The fourth-order valence-electron chi connectivity index (χ4n) is 5.11. The van der Waals surface area contributed by atoms with Gasteiger partial charge in [0.05, 0.1) is 0 Å². The van der Waals surface area contributed by atoms with Gasteiger partial charge in [-0.15, -0.1) is 0 Å². The minimum Gasteiger partial charge on any atom is -0.0683 e. The fourth-order valence-corrected chi connectivity index (χ4v) is 5.11. The maximum atomic E-state index is 2.53. The Bertz CT molecular complexity index is 952. The number of rotatable bonds is 3. The normalized spacial score (nSPS) is 19.2. The summed E-state index contributed by atoms with van der Waals surface area (Å²) in [6.45, 7) is 6.86. The first-order valence-corrected chi connectivity index (χ1v) is 9.82. The molecular weight excluding hydrogens is 300 g/mol. The van der Waals surface area contributed by atoms with E-state index in [9.17, 15) is 0 Å². The van der Waals surface area contributed by atoms with Gasteiger partial charge in [0.2, 0.25) is 0 Å². The molecule has 3 aliphatic carbocycles. The zero-order chi connectivity index (χ0) is 17.1. The van der Waals surface area contributed by atoms with Gasteiger partial charge in [-0.1, -0.05) is 55.2 Å². The molecule has 25 heavy (non-hydrogen) atoms. The van der Waals surface area contributed by atoms with E-state index in [1.54, 1.807) is 16.7 Å². The highest BCUT2D eigenvalue weighted by atomic mass is 14.3. The van der Waals surface area contributed by atoms with Gasteiger partial charge < -0.3 is 0 Å². The molecule has 1 atom stereocenters. The van der Waals surface area contributed by atoms with Gasteiger partial charge in [0.1, 0.15) is 0 Å². The van der Waals surface area contributed by atoms with Crippen LogP contribution in [-0.2, 0) is 12.8 Å². The van der Waals surface area contributed by atoms with E-state index in [1.165, 1.54) is 58.2 Å². The van der Waals surface area contributed by atoms with Crippen LogP contribution in [0.1, 0.15) is 79.3 Å². The van der Waals surface area contributed by atoms with Gasteiger partial charge in [-0.3, -0.25) is 0 Å². The minimum absolute atomic E-state index is 0.652. The molecule has 0 spiro atoms. The van der Waals surface area contributed by atoms with Crippen molar-refractivity contribution in [2.45, 2.75) is 58.8 Å². The first-order chi connectivity index (χ1) is 12.1. The van der Waals surface area contributed by atoms with Crippen LogP contribution in [0, 0.1) is 0 Å². The summed E-state index contributed by atoms with van der Waals surface area (Å²) in [6, 6.07) is 9.92. The van der Waals surface area contributed by atoms with E-state index in [0.717, 1.165) is 12.8 Å². The highest BCUT2D eigenvalue weighted by molar-refractivity contribution is 5.84. The van der Waals surface area contributed by atoms with Crippen molar-refractivity contribution in [2.24, 2.45) is 0 Å². The molecule has 126 valence electrons. The smallest absolute Gasteiger partial charge is 0.00547 e. The molecule has 0 nitrogen and oxygen atoms in total. The van der Waals surface area contributed by atoms with Crippen LogP contribution >= 0.6 is 0 Å². The van der Waals surface area contributed by atoms with Crippen molar-refractivity contribution in [3.8, 4) is 11.1 Å². The van der Waals surface area contributed by atoms with Crippen LogP contribution in [0.4, 0.5) is 0 Å². The van der Waals surface area contributed by atoms with Gasteiger partial charge in [-0.05, 0) is 89.8 Å². The lowest BCUT2D eigenvalue weighted by Gasteiger charge is -2.15. The van der Waals surface area contributed by atoms with E-state index in [4.69, 9.17) is 0 Å². The molecule has 0 heteroatoms. The lowest BCUT2D eigenvalue weighted by Crippen LogP contribution is -1.98. The lowest BCUT2D eigenvalue weighted by atomic mass is 9.89. The van der Waals surface area contributed by atoms with Crippen molar-refractivity contribution >= 4 is 12.2 Å². The number of fused-ring (bicyclic) bond motifs is 5. The second-order valence-electron chi connectivity index (χ2n) is 8.27. The van der Waals surface area contributed by atoms with Crippen LogP contribution in [0.15, 0.2) is 35.4 Å². The van der Waals surface area contributed by atoms with Crippen molar-refractivity contribution in [3.05, 3.63) is 68.8 Å². The summed E-state index contributed by atoms with van der Waals surface area (Å²) in [4.78, 5) is 0. The predicted molar refractivity (Wildman–Crippen MR) is 108 cm³/mol. The van der Waals surface area contributed by atoms with Gasteiger partial charge in [0.15, 0.2) is 0 Å². The average Bonchev–Trinajstić information content (AvgIpc) is 3.20. The molecule has 1 unspecified atom stereocenters. The van der Waals surface area contributed by atoms with Gasteiger partial charge in [0, 0.05) is 5.92 Å². The van der Waals surface area contributed by atoms with Crippen LogP contribution in [0.5, 0.6) is 0 Å². The van der Waals surface area contributed by atoms with E-state index < -0.39 is 0 Å². The van der Waals surface area contributed by atoms with Crippen molar-refractivity contribution in [1.29, 1.82) is 0 Å². The van der Waals surface area contributed by atoms with Crippen LogP contribution in [0.25, 0.3) is 23.3 Å². The Hall–Kier alpha value is -2.08. The second kappa shape index (κ2) is 5.46.